The fourth-order valence-electron chi connectivity index (χ4n) is 1.73. The number of aliphatic hydroxyl groups is 1. The fraction of sp³-hybridized carbons (Fsp3) is 0.875. The summed E-state index contributed by atoms with van der Waals surface area (Å²) in [5, 5.41) is 8.75. The minimum Gasteiger partial charge on any atom is -0.456 e. The van der Waals surface area contributed by atoms with Crippen LogP contribution < -0.4 is 0 Å². The first-order chi connectivity index (χ1) is 5.65. The maximum Gasteiger partial charge on any atom is 0.306 e. The maximum atomic E-state index is 10.8. The Kier molecular flexibility index (Phi) is 1.63. The van der Waals surface area contributed by atoms with E-state index in [-0.39, 0.29) is 24.8 Å². The van der Waals surface area contributed by atoms with Crippen molar-refractivity contribution in [3.8, 4) is 0 Å². The van der Waals surface area contributed by atoms with E-state index in [1.54, 1.807) is 0 Å². The van der Waals surface area contributed by atoms with Gasteiger partial charge in [0.15, 0.2) is 0 Å². The summed E-state index contributed by atoms with van der Waals surface area (Å²) in [4.78, 5) is 10.8. The number of rotatable bonds is 2. The third-order valence-corrected chi connectivity index (χ3v) is 2.54. The molecule has 0 radical (unpaired) electrons. The highest BCUT2D eigenvalue weighted by Gasteiger charge is 2.56. The topological polar surface area (TPSA) is 59.1 Å². The summed E-state index contributed by atoms with van der Waals surface area (Å²) in [5.74, 6) is -0.162. The van der Waals surface area contributed by atoms with Crippen LogP contribution in [0.25, 0.3) is 0 Å². The highest BCUT2D eigenvalue weighted by Crippen LogP contribution is 2.41. The van der Waals surface area contributed by atoms with Gasteiger partial charge in [-0.1, -0.05) is 0 Å². The van der Waals surface area contributed by atoms with Crippen LogP contribution >= 0.6 is 0 Å². The molecule has 2 aliphatic rings. The van der Waals surface area contributed by atoms with Gasteiger partial charge in [0.05, 0.1) is 6.61 Å². The number of epoxide rings is 1. The Labute approximate surface area is 70.5 Å². The molecule has 2 saturated heterocycles. The molecule has 2 rings (SSSR count). The first kappa shape index (κ1) is 8.01. The average Bonchev–Trinajstić information content (AvgIpc) is 2.74. The zero-order valence-electron chi connectivity index (χ0n) is 6.95. The van der Waals surface area contributed by atoms with Crippen molar-refractivity contribution in [3.05, 3.63) is 0 Å². The van der Waals surface area contributed by atoms with Crippen LogP contribution in [-0.4, -0.2) is 35.5 Å². The fourth-order valence-corrected chi connectivity index (χ4v) is 1.73. The average molecular weight is 172 g/mol. The van der Waals surface area contributed by atoms with Crippen molar-refractivity contribution in [2.24, 2.45) is 0 Å². The van der Waals surface area contributed by atoms with Gasteiger partial charge < -0.3 is 14.6 Å². The number of carbonyl (C=O) groups excluding carboxylic acids is 1. The van der Waals surface area contributed by atoms with Crippen molar-refractivity contribution in [1.29, 1.82) is 0 Å². The van der Waals surface area contributed by atoms with Crippen LogP contribution in [0.3, 0.4) is 0 Å². The van der Waals surface area contributed by atoms with Crippen molar-refractivity contribution < 1.29 is 19.4 Å². The highest BCUT2D eigenvalue weighted by atomic mass is 16.6. The normalized spacial score (nSPS) is 46.0. The van der Waals surface area contributed by atoms with Crippen LogP contribution in [0, 0.1) is 0 Å². The van der Waals surface area contributed by atoms with E-state index in [0.717, 1.165) is 0 Å². The molecule has 2 heterocycles. The van der Waals surface area contributed by atoms with E-state index < -0.39 is 5.60 Å². The second kappa shape index (κ2) is 2.44. The number of carbonyl (C=O) groups is 1. The van der Waals surface area contributed by atoms with Gasteiger partial charge in [-0.2, -0.15) is 0 Å². The van der Waals surface area contributed by atoms with Gasteiger partial charge in [-0.05, 0) is 6.92 Å². The largest absolute Gasteiger partial charge is 0.456 e. The van der Waals surface area contributed by atoms with Crippen molar-refractivity contribution in [1.82, 2.24) is 0 Å². The minimum atomic E-state index is -0.482. The lowest BCUT2D eigenvalue weighted by Crippen LogP contribution is -2.33. The van der Waals surface area contributed by atoms with E-state index in [9.17, 15) is 4.79 Å². The summed E-state index contributed by atoms with van der Waals surface area (Å²) in [6, 6.07) is 0. The van der Waals surface area contributed by atoms with E-state index in [4.69, 9.17) is 14.6 Å². The third-order valence-electron chi connectivity index (χ3n) is 2.54. The van der Waals surface area contributed by atoms with Crippen LogP contribution in [0.4, 0.5) is 0 Å². The number of hydrogen-bond donors (Lipinski definition) is 1. The minimum absolute atomic E-state index is 0.0117. The molecule has 68 valence electrons. The van der Waals surface area contributed by atoms with E-state index in [1.165, 1.54) is 0 Å². The van der Waals surface area contributed by atoms with E-state index in [2.05, 4.69) is 0 Å². The van der Waals surface area contributed by atoms with Gasteiger partial charge in [0.25, 0.3) is 0 Å². The van der Waals surface area contributed by atoms with Crippen LogP contribution in [0.15, 0.2) is 0 Å². The molecular weight excluding hydrogens is 160 g/mol. The molecule has 4 nitrogen and oxygen atoms in total. The Morgan fingerprint density at radius 2 is 2.50 bits per heavy atom. The van der Waals surface area contributed by atoms with Crippen LogP contribution in [0.5, 0.6) is 0 Å². The standard InChI is InChI=1S/C8H12O4/c1-8(3-2-6(10)12-8)7-5(4-9)11-7/h5,7,9H,2-4H2,1H3/t5-,7+,8?/m1/s1. The van der Waals surface area contributed by atoms with Gasteiger partial charge in [-0.25, -0.2) is 0 Å². The third kappa shape index (κ3) is 1.11. The van der Waals surface area contributed by atoms with Gasteiger partial charge >= 0.3 is 5.97 Å². The molecule has 1 unspecified atom stereocenters. The Hall–Kier alpha value is -0.610. The van der Waals surface area contributed by atoms with E-state index in [1.807, 2.05) is 6.92 Å². The summed E-state index contributed by atoms with van der Waals surface area (Å²) in [7, 11) is 0. The second-order valence-electron chi connectivity index (χ2n) is 3.56. The van der Waals surface area contributed by atoms with Crippen molar-refractivity contribution in [3.63, 3.8) is 0 Å². The molecule has 2 fully saturated rings. The van der Waals surface area contributed by atoms with Crippen molar-refractivity contribution in [2.45, 2.75) is 37.6 Å². The van der Waals surface area contributed by atoms with Gasteiger partial charge in [0, 0.05) is 12.8 Å². The molecule has 0 bridgehead atoms. The van der Waals surface area contributed by atoms with Gasteiger partial charge in [0.2, 0.25) is 0 Å². The molecule has 0 aromatic heterocycles. The summed E-state index contributed by atoms with van der Waals surface area (Å²) in [6.07, 6.45) is 0.955. The zero-order valence-corrected chi connectivity index (χ0v) is 6.95. The molecule has 0 aromatic rings. The SMILES string of the molecule is CC1([C@H]2O[C@@H]2CO)CCC(=O)O1. The molecule has 0 aliphatic carbocycles. The molecule has 0 aromatic carbocycles. The predicted octanol–water partition coefficient (Wildman–Crippen LogP) is -0.158. The number of hydrogen-bond acceptors (Lipinski definition) is 4. The van der Waals surface area contributed by atoms with Crippen LogP contribution in [0.1, 0.15) is 19.8 Å². The molecule has 0 spiro atoms. The molecule has 3 atom stereocenters. The van der Waals surface area contributed by atoms with Gasteiger partial charge in [-0.3, -0.25) is 4.79 Å². The smallest absolute Gasteiger partial charge is 0.306 e. The van der Waals surface area contributed by atoms with Crippen molar-refractivity contribution in [2.75, 3.05) is 6.61 Å². The Bertz CT molecular complexity index is 215. The molecule has 12 heavy (non-hydrogen) atoms. The van der Waals surface area contributed by atoms with E-state index >= 15 is 0 Å². The highest BCUT2D eigenvalue weighted by molar-refractivity contribution is 5.72. The summed E-state index contributed by atoms with van der Waals surface area (Å²) in [5.41, 5.74) is -0.482. The predicted molar refractivity (Wildman–Crippen MR) is 39.5 cm³/mol. The molecule has 0 saturated carbocycles. The van der Waals surface area contributed by atoms with Gasteiger partial charge in [-0.15, -0.1) is 0 Å². The number of ether oxygens (including phenoxy) is 2. The second-order valence-corrected chi connectivity index (χ2v) is 3.56. The molecule has 4 heteroatoms. The summed E-state index contributed by atoms with van der Waals surface area (Å²) < 4.78 is 10.3. The molecule has 2 aliphatic heterocycles. The lowest BCUT2D eigenvalue weighted by molar-refractivity contribution is -0.148. The lowest BCUT2D eigenvalue weighted by atomic mass is 9.97. The number of aliphatic hydroxyl groups excluding tert-OH is 1. The van der Waals surface area contributed by atoms with Crippen LogP contribution in [0.2, 0.25) is 0 Å². The zero-order chi connectivity index (χ0) is 8.77. The summed E-state index contributed by atoms with van der Waals surface area (Å²) >= 11 is 0. The molecular formula is C8H12O4. The molecule has 1 N–H and O–H groups in total. The Morgan fingerprint density at radius 3 is 2.92 bits per heavy atom. The number of esters is 1. The summed E-state index contributed by atoms with van der Waals surface area (Å²) in [6.45, 7) is 1.87. The Morgan fingerprint density at radius 1 is 1.75 bits per heavy atom. The molecule has 0 amide bonds. The van der Waals surface area contributed by atoms with Crippen molar-refractivity contribution >= 4 is 5.97 Å². The maximum absolute atomic E-state index is 10.8. The van der Waals surface area contributed by atoms with E-state index in [0.29, 0.717) is 12.8 Å². The lowest BCUT2D eigenvalue weighted by Gasteiger charge is -2.19. The monoisotopic (exact) mass is 172 g/mol. The first-order valence-corrected chi connectivity index (χ1v) is 4.14. The van der Waals surface area contributed by atoms with Gasteiger partial charge in [0.1, 0.15) is 17.8 Å². The quantitative estimate of drug-likeness (QED) is 0.464. The number of cyclic esters (lactones) is 1. The first-order valence-electron chi connectivity index (χ1n) is 4.14. The Balaban J connectivity index is 1.99. The van der Waals surface area contributed by atoms with Crippen LogP contribution in [-0.2, 0) is 14.3 Å².